The van der Waals surface area contributed by atoms with Gasteiger partial charge in [0.15, 0.2) is 0 Å². The number of rotatable bonds is 3. The van der Waals surface area contributed by atoms with E-state index in [1.165, 1.54) is 0 Å². The van der Waals surface area contributed by atoms with Crippen molar-refractivity contribution in [1.82, 2.24) is 9.38 Å². The number of hydrogen-bond acceptors (Lipinski definition) is 2. The lowest BCUT2D eigenvalue weighted by Crippen LogP contribution is -2.19. The summed E-state index contributed by atoms with van der Waals surface area (Å²) in [6, 6.07) is 3.85. The van der Waals surface area contributed by atoms with E-state index in [0.717, 1.165) is 36.0 Å². The summed E-state index contributed by atoms with van der Waals surface area (Å²) in [5.74, 6) is 0. The molecule has 98 valence electrons. The van der Waals surface area contributed by atoms with Crippen LogP contribution < -0.4 is 5.56 Å². The highest BCUT2D eigenvalue weighted by Gasteiger charge is 2.03. The number of pyridine rings is 1. The smallest absolute Gasteiger partial charge is 0.261 e. The normalized spacial score (nSPS) is 10.0. The van der Waals surface area contributed by atoms with Gasteiger partial charge in [0.2, 0.25) is 0 Å². The molecule has 0 saturated carbocycles. The van der Waals surface area contributed by atoms with Gasteiger partial charge in [-0.1, -0.05) is 27.2 Å². The van der Waals surface area contributed by atoms with E-state index in [1.807, 2.05) is 32.9 Å². The van der Waals surface area contributed by atoms with E-state index in [2.05, 4.69) is 11.9 Å². The highest BCUT2D eigenvalue weighted by atomic mass is 16.1. The van der Waals surface area contributed by atoms with Gasteiger partial charge in [0, 0.05) is 18.0 Å². The van der Waals surface area contributed by atoms with E-state index in [4.69, 9.17) is 0 Å². The van der Waals surface area contributed by atoms with Gasteiger partial charge in [-0.15, -0.1) is 0 Å². The largest absolute Gasteiger partial charge is 0.269 e. The lowest BCUT2D eigenvalue weighted by Gasteiger charge is -2.04. The Bertz CT molecular complexity index is 558. The van der Waals surface area contributed by atoms with Gasteiger partial charge < -0.3 is 0 Å². The average Bonchev–Trinajstić information content (AvgIpc) is 2.40. The quantitative estimate of drug-likeness (QED) is 0.832. The molecule has 2 aromatic heterocycles. The Kier molecular flexibility index (Phi) is 5.56. The number of aromatic nitrogens is 2. The highest BCUT2D eigenvalue weighted by molar-refractivity contribution is 5.41. The van der Waals surface area contributed by atoms with Crippen molar-refractivity contribution in [2.45, 2.75) is 47.0 Å². The Morgan fingerprint density at radius 1 is 1.33 bits per heavy atom. The minimum Gasteiger partial charge on any atom is -0.269 e. The maximum Gasteiger partial charge on any atom is 0.261 e. The van der Waals surface area contributed by atoms with Crippen molar-refractivity contribution >= 4 is 5.65 Å². The van der Waals surface area contributed by atoms with Crippen molar-refractivity contribution in [3.05, 3.63) is 46.0 Å². The molecule has 0 fully saturated rings. The molecule has 0 aromatic carbocycles. The zero-order valence-corrected chi connectivity index (χ0v) is 11.7. The molecule has 0 aliphatic heterocycles. The van der Waals surface area contributed by atoms with Crippen LogP contribution in [0.2, 0.25) is 0 Å². The van der Waals surface area contributed by atoms with E-state index in [-0.39, 0.29) is 5.56 Å². The number of fused-ring (bicyclic) bond motifs is 1. The fourth-order valence-electron chi connectivity index (χ4n) is 1.75. The molecule has 0 saturated heterocycles. The Hall–Kier alpha value is -1.64. The van der Waals surface area contributed by atoms with Gasteiger partial charge >= 0.3 is 0 Å². The van der Waals surface area contributed by atoms with Crippen molar-refractivity contribution < 1.29 is 0 Å². The highest BCUT2D eigenvalue weighted by Crippen LogP contribution is 2.04. The first kappa shape index (κ1) is 14.4. The van der Waals surface area contributed by atoms with Gasteiger partial charge in [-0.25, -0.2) is 4.98 Å². The molecule has 0 spiro atoms. The average molecular weight is 246 g/mol. The standard InChI is InChI=1S/C13H16N2O.C2H6/c1-3-4-5-11-9-14-12-8-10(2)6-7-15(12)13(11)16;1-2/h6-9H,3-5H2,1-2H3;1-2H3. The molecule has 18 heavy (non-hydrogen) atoms. The number of nitrogens with zero attached hydrogens (tertiary/aromatic N) is 2. The van der Waals surface area contributed by atoms with Crippen LogP contribution in [0.3, 0.4) is 0 Å². The number of hydrogen-bond donors (Lipinski definition) is 0. The summed E-state index contributed by atoms with van der Waals surface area (Å²) >= 11 is 0. The van der Waals surface area contributed by atoms with Crippen LogP contribution >= 0.6 is 0 Å². The Labute approximate surface area is 109 Å². The molecule has 0 radical (unpaired) electrons. The second kappa shape index (κ2) is 6.94. The molecule has 2 aromatic rings. The second-order valence-corrected chi connectivity index (χ2v) is 4.12. The molecule has 3 heteroatoms. The summed E-state index contributed by atoms with van der Waals surface area (Å²) in [7, 11) is 0. The SMILES string of the molecule is CC.CCCCc1cnc2cc(C)ccn2c1=O. The number of unbranched alkanes of at least 4 members (excludes halogenated alkanes) is 1. The molecule has 0 N–H and O–H groups in total. The molecular formula is C15H22N2O. The van der Waals surface area contributed by atoms with E-state index >= 15 is 0 Å². The zero-order valence-electron chi connectivity index (χ0n) is 11.7. The topological polar surface area (TPSA) is 34.4 Å². The molecule has 0 aliphatic carbocycles. The van der Waals surface area contributed by atoms with Crippen molar-refractivity contribution in [2.75, 3.05) is 0 Å². The summed E-state index contributed by atoms with van der Waals surface area (Å²) in [5.41, 5.74) is 2.72. The summed E-state index contributed by atoms with van der Waals surface area (Å²) in [5, 5.41) is 0. The van der Waals surface area contributed by atoms with E-state index in [9.17, 15) is 4.79 Å². The van der Waals surface area contributed by atoms with Crippen LogP contribution in [0.1, 0.15) is 44.7 Å². The molecule has 0 unspecified atom stereocenters. The van der Waals surface area contributed by atoms with Crippen molar-refractivity contribution in [2.24, 2.45) is 0 Å². The van der Waals surface area contributed by atoms with Crippen LogP contribution in [-0.4, -0.2) is 9.38 Å². The molecule has 0 aliphatic rings. The van der Waals surface area contributed by atoms with Crippen LogP contribution in [0.4, 0.5) is 0 Å². The molecule has 0 bridgehead atoms. The lowest BCUT2D eigenvalue weighted by molar-refractivity contribution is 0.778. The van der Waals surface area contributed by atoms with Crippen LogP contribution in [-0.2, 0) is 6.42 Å². The van der Waals surface area contributed by atoms with E-state index < -0.39 is 0 Å². The monoisotopic (exact) mass is 246 g/mol. The summed E-state index contributed by atoms with van der Waals surface area (Å²) in [6.45, 7) is 8.12. The first-order chi connectivity index (χ1) is 8.72. The summed E-state index contributed by atoms with van der Waals surface area (Å²) in [4.78, 5) is 16.4. The molecule has 3 nitrogen and oxygen atoms in total. The Morgan fingerprint density at radius 3 is 2.72 bits per heavy atom. The van der Waals surface area contributed by atoms with Crippen molar-refractivity contribution in [1.29, 1.82) is 0 Å². The zero-order chi connectivity index (χ0) is 13.5. The summed E-state index contributed by atoms with van der Waals surface area (Å²) in [6.07, 6.45) is 6.46. The number of aryl methyl sites for hydroxylation is 2. The van der Waals surface area contributed by atoms with Crippen LogP contribution in [0, 0.1) is 6.92 Å². The molecule has 0 amide bonds. The molecule has 0 atom stereocenters. The van der Waals surface area contributed by atoms with Crippen LogP contribution in [0.5, 0.6) is 0 Å². The minimum atomic E-state index is 0.0680. The predicted molar refractivity (Wildman–Crippen MR) is 76.2 cm³/mol. The third kappa shape index (κ3) is 3.19. The van der Waals surface area contributed by atoms with Gasteiger partial charge in [-0.05, 0) is 37.5 Å². The van der Waals surface area contributed by atoms with Gasteiger partial charge in [-0.2, -0.15) is 0 Å². The fraction of sp³-hybridized carbons (Fsp3) is 0.467. The van der Waals surface area contributed by atoms with Crippen LogP contribution in [0.15, 0.2) is 29.3 Å². The molecular weight excluding hydrogens is 224 g/mol. The summed E-state index contributed by atoms with van der Waals surface area (Å²) < 4.78 is 1.62. The fourth-order valence-corrected chi connectivity index (χ4v) is 1.75. The van der Waals surface area contributed by atoms with Gasteiger partial charge in [0.25, 0.3) is 5.56 Å². The minimum absolute atomic E-state index is 0.0680. The van der Waals surface area contributed by atoms with E-state index in [1.54, 1.807) is 16.8 Å². The molecule has 2 heterocycles. The Balaban J connectivity index is 0.000000771. The molecule has 2 rings (SSSR count). The van der Waals surface area contributed by atoms with Crippen molar-refractivity contribution in [3.8, 4) is 0 Å². The lowest BCUT2D eigenvalue weighted by atomic mass is 10.1. The Morgan fingerprint density at radius 2 is 2.06 bits per heavy atom. The first-order valence-electron chi connectivity index (χ1n) is 6.69. The van der Waals surface area contributed by atoms with E-state index in [0.29, 0.717) is 0 Å². The third-order valence-corrected chi connectivity index (χ3v) is 2.74. The van der Waals surface area contributed by atoms with Crippen LogP contribution in [0.25, 0.3) is 5.65 Å². The second-order valence-electron chi connectivity index (χ2n) is 4.12. The van der Waals surface area contributed by atoms with Gasteiger partial charge in [0.05, 0.1) is 0 Å². The maximum absolute atomic E-state index is 12.1. The predicted octanol–water partition coefficient (Wildman–Crippen LogP) is 3.37. The third-order valence-electron chi connectivity index (χ3n) is 2.74. The van der Waals surface area contributed by atoms with Crippen molar-refractivity contribution in [3.63, 3.8) is 0 Å². The van der Waals surface area contributed by atoms with Gasteiger partial charge in [-0.3, -0.25) is 9.20 Å². The first-order valence-corrected chi connectivity index (χ1v) is 6.69. The van der Waals surface area contributed by atoms with Gasteiger partial charge in [0.1, 0.15) is 5.65 Å². The maximum atomic E-state index is 12.1.